The Hall–Kier alpha value is -1.82. The lowest BCUT2D eigenvalue weighted by atomic mass is 10.0. The van der Waals surface area contributed by atoms with E-state index in [0.717, 1.165) is 11.7 Å². The molecule has 1 aromatic rings. The van der Waals surface area contributed by atoms with E-state index in [1.165, 1.54) is 6.92 Å². The van der Waals surface area contributed by atoms with Crippen molar-refractivity contribution in [3.05, 3.63) is 5.69 Å². The molecule has 1 aromatic heterocycles. The van der Waals surface area contributed by atoms with Crippen LogP contribution >= 0.6 is 11.7 Å². The van der Waals surface area contributed by atoms with Gasteiger partial charge < -0.3 is 24.2 Å². The van der Waals surface area contributed by atoms with Gasteiger partial charge in [0.05, 0.1) is 31.0 Å². The molecule has 0 saturated carbocycles. The topological polar surface area (TPSA) is 123 Å². The zero-order valence-electron chi connectivity index (χ0n) is 16.6. The largest absolute Gasteiger partial charge is 0.428 e. The number of esters is 2. The molecule has 0 radical (unpaired) electrons. The predicted octanol–water partition coefficient (Wildman–Crippen LogP) is 0.0986. The minimum Gasteiger partial charge on any atom is -0.428 e. The first-order valence-electron chi connectivity index (χ1n) is 9.07. The van der Waals surface area contributed by atoms with Crippen molar-refractivity contribution >= 4 is 29.5 Å². The Balaban J connectivity index is 2.07. The normalized spacial score (nSPS) is 17.1. The van der Waals surface area contributed by atoms with Gasteiger partial charge in [-0.05, 0) is 20.8 Å². The molecule has 1 saturated heterocycles. The molecule has 1 aliphatic heterocycles. The van der Waals surface area contributed by atoms with Crippen LogP contribution in [0, 0.1) is 0 Å². The summed E-state index contributed by atoms with van der Waals surface area (Å²) < 4.78 is 23.6. The van der Waals surface area contributed by atoms with Gasteiger partial charge in [0.15, 0.2) is 5.82 Å². The van der Waals surface area contributed by atoms with Gasteiger partial charge in [-0.1, -0.05) is 0 Å². The predicted molar refractivity (Wildman–Crippen MR) is 102 cm³/mol. The lowest BCUT2D eigenvalue weighted by molar-refractivity contribution is -0.169. The van der Waals surface area contributed by atoms with Crippen molar-refractivity contribution in [2.75, 3.05) is 38.0 Å². The van der Waals surface area contributed by atoms with Crippen LogP contribution < -0.4 is 10.2 Å². The maximum Gasteiger partial charge on any atom is 0.328 e. The number of aliphatic hydroxyl groups excluding tert-OH is 1. The number of carbonyl (C=O) groups excluding carboxylic acids is 2. The highest BCUT2D eigenvalue weighted by molar-refractivity contribution is 6.99. The van der Waals surface area contributed by atoms with Crippen molar-refractivity contribution in [1.29, 1.82) is 0 Å². The van der Waals surface area contributed by atoms with Crippen LogP contribution in [0.25, 0.3) is 0 Å². The maximum atomic E-state index is 12.5. The van der Waals surface area contributed by atoms with E-state index >= 15 is 0 Å². The van der Waals surface area contributed by atoms with Crippen molar-refractivity contribution in [3.63, 3.8) is 0 Å². The fourth-order valence-electron chi connectivity index (χ4n) is 2.70. The third-order valence-corrected chi connectivity index (χ3v) is 4.50. The van der Waals surface area contributed by atoms with Crippen molar-refractivity contribution in [1.82, 2.24) is 14.1 Å². The van der Waals surface area contributed by atoms with Crippen molar-refractivity contribution in [2.24, 2.45) is 0 Å². The highest BCUT2D eigenvalue weighted by Gasteiger charge is 2.33. The van der Waals surface area contributed by atoms with Crippen molar-refractivity contribution < 1.29 is 28.9 Å². The Morgan fingerprint density at radius 3 is 2.57 bits per heavy atom. The molecule has 28 heavy (non-hydrogen) atoms. The van der Waals surface area contributed by atoms with E-state index in [0.29, 0.717) is 37.8 Å². The molecule has 10 nitrogen and oxygen atoms in total. The second-order valence-corrected chi connectivity index (χ2v) is 8.02. The van der Waals surface area contributed by atoms with Crippen LogP contribution in [0.4, 0.5) is 5.82 Å². The van der Waals surface area contributed by atoms with Crippen LogP contribution in [0.3, 0.4) is 0 Å². The van der Waals surface area contributed by atoms with E-state index in [1.54, 1.807) is 0 Å². The Morgan fingerprint density at radius 1 is 1.29 bits per heavy atom. The van der Waals surface area contributed by atoms with Crippen LogP contribution in [0.15, 0.2) is 0 Å². The molecule has 0 aromatic carbocycles. The van der Waals surface area contributed by atoms with Gasteiger partial charge in [0.25, 0.3) is 0 Å². The number of aromatic nitrogens is 2. The summed E-state index contributed by atoms with van der Waals surface area (Å²) in [6, 6.07) is -1.02. The summed E-state index contributed by atoms with van der Waals surface area (Å²) in [5, 5.41) is 13.8. The maximum absolute atomic E-state index is 12.5. The van der Waals surface area contributed by atoms with Crippen molar-refractivity contribution in [2.45, 2.75) is 51.8 Å². The lowest BCUT2D eigenvalue weighted by Gasteiger charge is -2.31. The fourth-order valence-corrected chi connectivity index (χ4v) is 3.29. The van der Waals surface area contributed by atoms with Gasteiger partial charge >= 0.3 is 11.9 Å². The summed E-state index contributed by atoms with van der Waals surface area (Å²) in [5.41, 5.74) is 0.160. The molecule has 1 fully saturated rings. The summed E-state index contributed by atoms with van der Waals surface area (Å²) in [6.45, 7) is 8.94. The number of rotatable bonds is 8. The summed E-state index contributed by atoms with van der Waals surface area (Å²) >= 11 is 1.06. The Bertz CT molecular complexity index is 656. The molecule has 0 spiro atoms. The number of morpholine rings is 1. The SMILES string of the molecule is CC(=O)OCOC(=O)C(NC(C)(C)C)C(O)Cc1nsnc1N1CCOCC1. The quantitative estimate of drug-likeness (QED) is 0.445. The van der Waals surface area contributed by atoms with Crippen LogP contribution in [-0.4, -0.2) is 76.6 Å². The highest BCUT2D eigenvalue weighted by atomic mass is 32.1. The minimum absolute atomic E-state index is 0.125. The highest BCUT2D eigenvalue weighted by Crippen LogP contribution is 2.22. The van der Waals surface area contributed by atoms with Gasteiger partial charge in [0.2, 0.25) is 6.79 Å². The fraction of sp³-hybridized carbons (Fsp3) is 0.765. The molecule has 158 valence electrons. The first kappa shape index (κ1) is 22.5. The number of aliphatic hydroxyl groups is 1. The molecule has 2 N–H and O–H groups in total. The number of anilines is 1. The van der Waals surface area contributed by atoms with Gasteiger partial charge in [0.1, 0.15) is 11.7 Å². The van der Waals surface area contributed by atoms with Crippen molar-refractivity contribution in [3.8, 4) is 0 Å². The molecular weight excluding hydrogens is 388 g/mol. The first-order valence-corrected chi connectivity index (χ1v) is 9.80. The molecule has 0 bridgehead atoms. The van der Waals surface area contributed by atoms with E-state index in [9.17, 15) is 14.7 Å². The average molecular weight is 417 g/mol. The van der Waals surface area contributed by atoms with Gasteiger partial charge in [-0.15, -0.1) is 0 Å². The Morgan fingerprint density at radius 2 is 1.96 bits per heavy atom. The minimum atomic E-state index is -1.10. The number of nitrogens with zero attached hydrogens (tertiary/aromatic N) is 3. The summed E-state index contributed by atoms with van der Waals surface area (Å²) in [7, 11) is 0. The van der Waals surface area contributed by atoms with E-state index in [4.69, 9.17) is 9.47 Å². The zero-order chi connectivity index (χ0) is 20.7. The molecule has 0 amide bonds. The molecular formula is C17H28N4O6S. The smallest absolute Gasteiger partial charge is 0.328 e. The van der Waals surface area contributed by atoms with Gasteiger partial charge in [0, 0.05) is 32.0 Å². The third-order valence-electron chi connectivity index (χ3n) is 3.94. The Labute approximate surface area is 168 Å². The summed E-state index contributed by atoms with van der Waals surface area (Å²) in [4.78, 5) is 25.4. The van der Waals surface area contributed by atoms with E-state index < -0.39 is 36.4 Å². The molecule has 1 aliphatic rings. The number of ether oxygens (including phenoxy) is 3. The number of nitrogens with one attached hydrogen (secondary N) is 1. The number of hydrogen-bond acceptors (Lipinski definition) is 11. The third kappa shape index (κ3) is 6.97. The van der Waals surface area contributed by atoms with E-state index in [1.807, 2.05) is 20.8 Å². The zero-order valence-corrected chi connectivity index (χ0v) is 17.5. The van der Waals surface area contributed by atoms with Crippen LogP contribution in [-0.2, 0) is 30.2 Å². The number of hydrogen-bond donors (Lipinski definition) is 2. The van der Waals surface area contributed by atoms with Gasteiger partial charge in [-0.3, -0.25) is 14.9 Å². The number of carbonyl (C=O) groups is 2. The molecule has 2 heterocycles. The second-order valence-electron chi connectivity index (χ2n) is 7.49. The van der Waals surface area contributed by atoms with E-state index in [-0.39, 0.29) is 6.42 Å². The molecule has 0 aliphatic carbocycles. The standard InChI is InChI=1S/C17H28N4O6S/c1-11(22)26-10-27-16(24)14(18-17(2,3)4)13(23)9-12-15(20-28-19-12)21-5-7-25-8-6-21/h13-14,18,23H,5-10H2,1-4H3. The Kier molecular flexibility index (Phi) is 8.10. The van der Waals surface area contributed by atoms with Crippen LogP contribution in [0.1, 0.15) is 33.4 Å². The first-order chi connectivity index (χ1) is 13.2. The van der Waals surface area contributed by atoms with Gasteiger partial charge in [-0.2, -0.15) is 8.75 Å². The summed E-state index contributed by atoms with van der Waals surface area (Å²) in [5.74, 6) is -0.563. The van der Waals surface area contributed by atoms with Crippen LogP contribution in [0.2, 0.25) is 0 Å². The van der Waals surface area contributed by atoms with Gasteiger partial charge in [-0.25, -0.2) is 0 Å². The molecule has 2 unspecified atom stereocenters. The molecule has 11 heteroatoms. The monoisotopic (exact) mass is 416 g/mol. The van der Waals surface area contributed by atoms with Crippen LogP contribution in [0.5, 0.6) is 0 Å². The summed E-state index contributed by atoms with van der Waals surface area (Å²) in [6.07, 6.45) is -0.979. The molecule has 2 rings (SSSR count). The average Bonchev–Trinajstić information content (AvgIpc) is 3.07. The lowest BCUT2D eigenvalue weighted by Crippen LogP contribution is -2.55. The molecule has 2 atom stereocenters. The second kappa shape index (κ2) is 10.1. The van der Waals surface area contributed by atoms with E-state index in [2.05, 4.69) is 23.7 Å².